The number of benzene rings is 1. The van der Waals surface area contributed by atoms with Crippen molar-refractivity contribution in [2.75, 3.05) is 7.05 Å². The van der Waals surface area contributed by atoms with E-state index in [0.29, 0.717) is 5.69 Å². The summed E-state index contributed by atoms with van der Waals surface area (Å²) in [6, 6.07) is 6.86. The molecule has 0 unspecified atom stereocenters. The van der Waals surface area contributed by atoms with Gasteiger partial charge in [-0.1, -0.05) is 19.1 Å². The summed E-state index contributed by atoms with van der Waals surface area (Å²) in [6.45, 7) is 1.99. The Morgan fingerprint density at radius 1 is 1.29 bits per heavy atom. The number of amides is 1. The van der Waals surface area contributed by atoms with E-state index in [-0.39, 0.29) is 0 Å². The van der Waals surface area contributed by atoms with E-state index in [1.807, 2.05) is 11.9 Å². The van der Waals surface area contributed by atoms with Crippen LogP contribution in [0, 0.1) is 0 Å². The zero-order valence-corrected chi connectivity index (χ0v) is 11.6. The van der Waals surface area contributed by atoms with E-state index in [4.69, 9.17) is 0 Å². The van der Waals surface area contributed by atoms with Crippen LogP contribution in [0.5, 0.6) is 5.88 Å². The molecular weight excluding hydrogens is 274 g/mol. The maximum atomic E-state index is 11.9. The van der Waals surface area contributed by atoms with Crippen LogP contribution in [-0.2, 0) is 6.42 Å². The lowest BCUT2D eigenvalue weighted by molar-refractivity contribution is 0.0957. The number of hydrogen-bond acceptors (Lipinski definition) is 4. The van der Waals surface area contributed by atoms with Crippen LogP contribution < -0.4 is 16.6 Å². The average Bonchev–Trinajstić information content (AvgIpc) is 2.47. The highest BCUT2D eigenvalue weighted by molar-refractivity contribution is 5.95. The number of hydrogen-bond donors (Lipinski definition) is 3. The molecule has 21 heavy (non-hydrogen) atoms. The fourth-order valence-electron chi connectivity index (χ4n) is 1.97. The maximum Gasteiger partial charge on any atom is 0.335 e. The number of aryl methyl sites for hydroxylation is 1. The summed E-state index contributed by atoms with van der Waals surface area (Å²) in [5.74, 6) is -1.46. The van der Waals surface area contributed by atoms with Gasteiger partial charge in [0.15, 0.2) is 5.56 Å². The molecular formula is C14H15N3O4. The number of carbonyl (C=O) groups is 1. The van der Waals surface area contributed by atoms with Crippen molar-refractivity contribution >= 4 is 5.91 Å². The molecule has 7 heteroatoms. The first-order valence-electron chi connectivity index (χ1n) is 6.39. The second-order valence-corrected chi connectivity index (χ2v) is 4.39. The molecule has 110 valence electrons. The summed E-state index contributed by atoms with van der Waals surface area (Å²) in [6.07, 6.45) is 0.830. The molecule has 0 spiro atoms. The zero-order valence-electron chi connectivity index (χ0n) is 11.6. The van der Waals surface area contributed by atoms with Crippen molar-refractivity contribution in [3.8, 4) is 11.6 Å². The third kappa shape index (κ3) is 2.58. The molecule has 2 aromatic rings. The Bertz CT molecular complexity index is 787. The molecule has 1 heterocycles. The SMILES string of the molecule is CCc1ccc(-n2c(O)c(C(=O)NC)c(=O)[nH]c2=O)cc1. The van der Waals surface area contributed by atoms with Gasteiger partial charge in [0.1, 0.15) is 0 Å². The first kappa shape index (κ1) is 14.6. The molecule has 0 atom stereocenters. The van der Waals surface area contributed by atoms with Crippen molar-refractivity contribution in [2.45, 2.75) is 13.3 Å². The summed E-state index contributed by atoms with van der Waals surface area (Å²) in [5.41, 5.74) is -0.831. The van der Waals surface area contributed by atoms with Crippen molar-refractivity contribution in [3.05, 3.63) is 56.2 Å². The molecule has 0 saturated heterocycles. The van der Waals surface area contributed by atoms with Gasteiger partial charge in [-0.05, 0) is 24.1 Å². The Morgan fingerprint density at radius 2 is 1.90 bits per heavy atom. The Morgan fingerprint density at radius 3 is 2.43 bits per heavy atom. The summed E-state index contributed by atoms with van der Waals surface area (Å²) in [7, 11) is 1.33. The molecule has 0 aliphatic rings. The van der Waals surface area contributed by atoms with Gasteiger partial charge in [0.2, 0.25) is 5.88 Å². The molecule has 1 aromatic heterocycles. The smallest absolute Gasteiger partial charge is 0.335 e. The molecule has 0 aliphatic heterocycles. The molecule has 2 rings (SSSR count). The molecule has 0 fully saturated rings. The van der Waals surface area contributed by atoms with Crippen molar-refractivity contribution < 1.29 is 9.90 Å². The number of aromatic amines is 1. The van der Waals surface area contributed by atoms with Crippen molar-refractivity contribution in [1.82, 2.24) is 14.9 Å². The Hall–Kier alpha value is -2.83. The standard InChI is InChI=1S/C14H15N3O4/c1-3-8-4-6-9(7-5-8)17-13(20)10(11(18)15-2)12(19)16-14(17)21/h4-7,20H,3H2,1-2H3,(H,15,18)(H,16,19,21). The predicted molar refractivity (Wildman–Crippen MR) is 77.1 cm³/mol. The quantitative estimate of drug-likeness (QED) is 0.748. The lowest BCUT2D eigenvalue weighted by atomic mass is 10.1. The lowest BCUT2D eigenvalue weighted by Crippen LogP contribution is -2.35. The summed E-state index contributed by atoms with van der Waals surface area (Å²) >= 11 is 0. The Balaban J connectivity index is 2.71. The van der Waals surface area contributed by atoms with Crippen molar-refractivity contribution in [2.24, 2.45) is 0 Å². The Labute approximate surface area is 119 Å². The van der Waals surface area contributed by atoms with Gasteiger partial charge in [0.25, 0.3) is 11.5 Å². The summed E-state index contributed by atoms with van der Waals surface area (Å²) in [5, 5.41) is 12.4. The van der Waals surface area contributed by atoms with Gasteiger partial charge in [-0.2, -0.15) is 0 Å². The van der Waals surface area contributed by atoms with Crippen LogP contribution >= 0.6 is 0 Å². The number of aromatic nitrogens is 2. The third-order valence-electron chi connectivity index (χ3n) is 3.14. The van der Waals surface area contributed by atoms with E-state index in [9.17, 15) is 19.5 Å². The largest absolute Gasteiger partial charge is 0.493 e. The van der Waals surface area contributed by atoms with Crippen molar-refractivity contribution in [1.29, 1.82) is 0 Å². The number of carbonyl (C=O) groups excluding carboxylic acids is 1. The van der Waals surface area contributed by atoms with E-state index in [1.165, 1.54) is 7.05 Å². The van der Waals surface area contributed by atoms with Crippen LogP contribution in [-0.4, -0.2) is 27.6 Å². The topological polar surface area (TPSA) is 104 Å². The molecule has 3 N–H and O–H groups in total. The van der Waals surface area contributed by atoms with Crippen LogP contribution in [0.4, 0.5) is 0 Å². The molecule has 0 saturated carbocycles. The minimum Gasteiger partial charge on any atom is -0.493 e. The van der Waals surface area contributed by atoms with Gasteiger partial charge in [0, 0.05) is 7.05 Å². The number of rotatable bonds is 3. The van der Waals surface area contributed by atoms with Gasteiger partial charge in [-0.15, -0.1) is 0 Å². The van der Waals surface area contributed by atoms with Crippen LogP contribution in [0.2, 0.25) is 0 Å². The second-order valence-electron chi connectivity index (χ2n) is 4.39. The van der Waals surface area contributed by atoms with Crippen LogP contribution in [0.25, 0.3) is 5.69 Å². The molecule has 0 radical (unpaired) electrons. The summed E-state index contributed by atoms with van der Waals surface area (Å²) < 4.78 is 0.880. The Kier molecular flexibility index (Phi) is 3.93. The average molecular weight is 289 g/mol. The maximum absolute atomic E-state index is 11.9. The van der Waals surface area contributed by atoms with Gasteiger partial charge in [-0.25, -0.2) is 9.36 Å². The lowest BCUT2D eigenvalue weighted by Gasteiger charge is -2.11. The molecule has 0 aliphatic carbocycles. The monoisotopic (exact) mass is 289 g/mol. The van der Waals surface area contributed by atoms with E-state index < -0.39 is 28.6 Å². The fraction of sp³-hybridized carbons (Fsp3) is 0.214. The van der Waals surface area contributed by atoms with Crippen LogP contribution in [0.1, 0.15) is 22.8 Å². The minimum absolute atomic E-state index is 0.358. The van der Waals surface area contributed by atoms with Gasteiger partial charge < -0.3 is 10.4 Å². The predicted octanol–water partition coefficient (Wildman–Crippen LogP) is 0.153. The first-order chi connectivity index (χ1) is 9.99. The van der Waals surface area contributed by atoms with E-state index in [1.54, 1.807) is 24.3 Å². The molecule has 0 bridgehead atoms. The highest BCUT2D eigenvalue weighted by Gasteiger charge is 2.20. The first-order valence-corrected chi connectivity index (χ1v) is 6.39. The number of nitrogens with one attached hydrogen (secondary N) is 2. The van der Waals surface area contributed by atoms with Gasteiger partial charge >= 0.3 is 5.69 Å². The fourth-order valence-corrected chi connectivity index (χ4v) is 1.97. The second kappa shape index (κ2) is 5.66. The number of nitrogens with zero attached hydrogens (tertiary/aromatic N) is 1. The third-order valence-corrected chi connectivity index (χ3v) is 3.14. The summed E-state index contributed by atoms with van der Waals surface area (Å²) in [4.78, 5) is 37.2. The molecule has 1 aromatic carbocycles. The van der Waals surface area contributed by atoms with E-state index in [2.05, 4.69) is 5.32 Å². The highest BCUT2D eigenvalue weighted by atomic mass is 16.3. The highest BCUT2D eigenvalue weighted by Crippen LogP contribution is 2.17. The number of aromatic hydroxyl groups is 1. The van der Waals surface area contributed by atoms with E-state index >= 15 is 0 Å². The zero-order chi connectivity index (χ0) is 15.6. The molecule has 1 amide bonds. The van der Waals surface area contributed by atoms with Crippen LogP contribution in [0.3, 0.4) is 0 Å². The number of H-pyrrole nitrogens is 1. The van der Waals surface area contributed by atoms with Crippen molar-refractivity contribution in [3.63, 3.8) is 0 Å². The van der Waals surface area contributed by atoms with Gasteiger partial charge in [-0.3, -0.25) is 14.6 Å². The van der Waals surface area contributed by atoms with Crippen LogP contribution in [0.15, 0.2) is 33.9 Å². The van der Waals surface area contributed by atoms with Gasteiger partial charge in [0.05, 0.1) is 5.69 Å². The van der Waals surface area contributed by atoms with E-state index in [0.717, 1.165) is 16.6 Å². The molecule has 7 nitrogen and oxygen atoms in total. The minimum atomic E-state index is -0.932. The normalized spacial score (nSPS) is 10.4.